The molecule has 1 aromatic carbocycles. The average Bonchev–Trinajstić information content (AvgIpc) is 3.46. The zero-order valence-corrected chi connectivity index (χ0v) is 19.6. The van der Waals surface area contributed by atoms with E-state index in [0.29, 0.717) is 24.6 Å². The number of thiophene rings is 1. The number of hydrogen-bond donors (Lipinski definition) is 0. The maximum absolute atomic E-state index is 13.4. The van der Waals surface area contributed by atoms with Gasteiger partial charge in [0.15, 0.2) is 0 Å². The summed E-state index contributed by atoms with van der Waals surface area (Å²) in [5, 5.41) is 2.74. The topological polar surface area (TPSA) is 49.9 Å². The smallest absolute Gasteiger partial charge is 0.242 e. The van der Waals surface area contributed by atoms with Crippen molar-refractivity contribution in [2.45, 2.75) is 51.6 Å². The summed E-state index contributed by atoms with van der Waals surface area (Å²) in [5.41, 5.74) is 1.16. The molecule has 1 aliphatic heterocycles. The minimum atomic E-state index is -0.153. The van der Waals surface area contributed by atoms with E-state index in [1.165, 1.54) is 4.88 Å². The van der Waals surface area contributed by atoms with Crippen LogP contribution in [0.3, 0.4) is 0 Å². The molecule has 2 aliphatic rings. The molecule has 2 aromatic rings. The van der Waals surface area contributed by atoms with Crippen molar-refractivity contribution in [3.05, 3.63) is 51.2 Å². The summed E-state index contributed by atoms with van der Waals surface area (Å²) in [6, 6.07) is 9.43. The first-order valence-electron chi connectivity index (χ1n) is 11.0. The zero-order valence-electron chi connectivity index (χ0n) is 18.1. The maximum atomic E-state index is 13.4. The van der Waals surface area contributed by atoms with Gasteiger partial charge in [0.1, 0.15) is 18.9 Å². The van der Waals surface area contributed by atoms with Gasteiger partial charge in [0.05, 0.1) is 6.04 Å². The first-order chi connectivity index (χ1) is 14.9. The Kier molecular flexibility index (Phi) is 6.87. The molecule has 5 nitrogen and oxygen atoms in total. The predicted molar refractivity (Wildman–Crippen MR) is 124 cm³/mol. The van der Waals surface area contributed by atoms with Crippen LogP contribution < -0.4 is 4.74 Å². The lowest BCUT2D eigenvalue weighted by molar-refractivity contribution is -0.143. The van der Waals surface area contributed by atoms with Crippen LogP contribution in [0.2, 0.25) is 5.02 Å². The van der Waals surface area contributed by atoms with Crippen molar-refractivity contribution in [2.24, 2.45) is 5.92 Å². The molecule has 1 aliphatic carbocycles. The Hall–Kier alpha value is -2.05. The van der Waals surface area contributed by atoms with Crippen molar-refractivity contribution >= 4 is 34.8 Å². The van der Waals surface area contributed by atoms with Gasteiger partial charge in [0.25, 0.3) is 0 Å². The third-order valence-corrected chi connectivity index (χ3v) is 7.08. The van der Waals surface area contributed by atoms with Crippen molar-refractivity contribution in [3.8, 4) is 5.75 Å². The van der Waals surface area contributed by atoms with Gasteiger partial charge < -0.3 is 14.5 Å². The summed E-state index contributed by atoms with van der Waals surface area (Å²) < 4.78 is 6.04. The lowest BCUT2D eigenvalue weighted by Crippen LogP contribution is -2.48. The van der Waals surface area contributed by atoms with Crippen molar-refractivity contribution in [3.63, 3.8) is 0 Å². The van der Waals surface area contributed by atoms with Crippen molar-refractivity contribution < 1.29 is 14.3 Å². The fraction of sp³-hybridized carbons (Fsp3) is 0.500. The first kappa shape index (κ1) is 22.2. The van der Waals surface area contributed by atoms with Crippen LogP contribution in [0.1, 0.15) is 49.6 Å². The molecule has 0 unspecified atom stereocenters. The number of carbonyl (C=O) groups is 2. The Labute approximate surface area is 192 Å². The van der Waals surface area contributed by atoms with Gasteiger partial charge in [-0.1, -0.05) is 25.4 Å². The predicted octanol–water partition coefficient (Wildman–Crippen LogP) is 4.94. The van der Waals surface area contributed by atoms with E-state index in [4.69, 9.17) is 16.3 Å². The number of carbonyl (C=O) groups excluding carboxylic acids is 2. The highest BCUT2D eigenvalue weighted by Gasteiger charge is 2.37. The number of fused-ring (bicyclic) bond motifs is 1. The Balaban J connectivity index is 1.48. The van der Waals surface area contributed by atoms with E-state index in [-0.39, 0.29) is 36.4 Å². The SMILES string of the molecule is CC(C)CC(=O)N(CC(=O)N1CCc2sccc2[C@@H]1COc1ccc(Cl)cc1)C1CC1. The molecule has 4 rings (SSSR count). The molecule has 0 bridgehead atoms. The zero-order chi connectivity index (χ0) is 22.0. The number of hydrogen-bond acceptors (Lipinski definition) is 4. The highest BCUT2D eigenvalue weighted by atomic mass is 35.5. The highest BCUT2D eigenvalue weighted by Crippen LogP contribution is 2.35. The average molecular weight is 461 g/mol. The van der Waals surface area contributed by atoms with E-state index < -0.39 is 0 Å². The first-order valence-corrected chi connectivity index (χ1v) is 12.2. The van der Waals surface area contributed by atoms with Gasteiger partial charge in [0.2, 0.25) is 11.8 Å². The standard InChI is InChI=1S/C24H29ClN2O3S/c1-16(2)13-23(28)27(18-5-6-18)14-24(29)26-11-9-22-20(10-12-31-22)21(26)15-30-19-7-3-17(25)4-8-19/h3-4,7-8,10,12,16,18,21H,5-6,9,11,13-15H2,1-2H3/t21-/m0/s1. The molecular formula is C24H29ClN2O3S. The molecule has 1 atom stereocenters. The van der Waals surface area contributed by atoms with Crippen LogP contribution in [0, 0.1) is 5.92 Å². The second-order valence-electron chi connectivity index (χ2n) is 8.77. The Morgan fingerprint density at radius 1 is 1.23 bits per heavy atom. The third kappa shape index (κ3) is 5.42. The number of nitrogens with zero attached hydrogens (tertiary/aromatic N) is 2. The molecular weight excluding hydrogens is 432 g/mol. The van der Waals surface area contributed by atoms with E-state index in [0.717, 1.165) is 30.6 Å². The van der Waals surface area contributed by atoms with Crippen LogP contribution in [0.5, 0.6) is 5.75 Å². The van der Waals surface area contributed by atoms with Crippen molar-refractivity contribution in [2.75, 3.05) is 19.7 Å². The largest absolute Gasteiger partial charge is 0.491 e. The number of amides is 2. The van der Waals surface area contributed by atoms with Crippen molar-refractivity contribution in [1.82, 2.24) is 9.80 Å². The molecule has 1 fully saturated rings. The minimum Gasteiger partial charge on any atom is -0.491 e. The fourth-order valence-electron chi connectivity index (χ4n) is 4.09. The normalized spacial score (nSPS) is 18.1. The molecule has 166 valence electrons. The van der Waals surface area contributed by atoms with E-state index in [2.05, 4.69) is 11.4 Å². The lowest BCUT2D eigenvalue weighted by Gasteiger charge is -2.37. The molecule has 0 spiro atoms. The molecule has 2 heterocycles. The second-order valence-corrected chi connectivity index (χ2v) is 10.2. The quantitative estimate of drug-likeness (QED) is 0.560. The Morgan fingerprint density at radius 3 is 2.65 bits per heavy atom. The number of benzene rings is 1. The van der Waals surface area contributed by atoms with Crippen LogP contribution in [0.25, 0.3) is 0 Å². The summed E-state index contributed by atoms with van der Waals surface area (Å²) in [7, 11) is 0. The third-order valence-electron chi connectivity index (χ3n) is 5.83. The molecule has 2 amide bonds. The van der Waals surface area contributed by atoms with Crippen LogP contribution in [-0.4, -0.2) is 47.4 Å². The number of rotatable bonds is 8. The highest BCUT2D eigenvalue weighted by molar-refractivity contribution is 7.10. The van der Waals surface area contributed by atoms with Gasteiger partial charge in [-0.15, -0.1) is 11.3 Å². The molecule has 0 radical (unpaired) electrons. The molecule has 1 aromatic heterocycles. The minimum absolute atomic E-state index is 0.00515. The van der Waals surface area contributed by atoms with E-state index in [9.17, 15) is 9.59 Å². The van der Waals surface area contributed by atoms with Gasteiger partial charge in [-0.2, -0.15) is 0 Å². The lowest BCUT2D eigenvalue weighted by atomic mass is 10.00. The van der Waals surface area contributed by atoms with Gasteiger partial charge >= 0.3 is 0 Å². The maximum Gasteiger partial charge on any atom is 0.242 e. The Morgan fingerprint density at radius 2 is 1.97 bits per heavy atom. The summed E-state index contributed by atoms with van der Waals surface area (Å²) in [6.45, 7) is 5.26. The van der Waals surface area contributed by atoms with E-state index >= 15 is 0 Å². The monoisotopic (exact) mass is 460 g/mol. The summed E-state index contributed by atoms with van der Waals surface area (Å²) in [5.74, 6) is 1.11. The number of halogens is 1. The summed E-state index contributed by atoms with van der Waals surface area (Å²) >= 11 is 7.71. The van der Waals surface area contributed by atoms with Crippen LogP contribution in [-0.2, 0) is 16.0 Å². The molecule has 31 heavy (non-hydrogen) atoms. The van der Waals surface area contributed by atoms with Gasteiger partial charge in [-0.25, -0.2) is 0 Å². The molecule has 0 N–H and O–H groups in total. The summed E-state index contributed by atoms with van der Waals surface area (Å²) in [6.07, 6.45) is 3.32. The number of ether oxygens (including phenoxy) is 1. The molecule has 7 heteroatoms. The second kappa shape index (κ2) is 9.61. The molecule has 0 saturated heterocycles. The van der Waals surface area contributed by atoms with Gasteiger partial charge in [0, 0.05) is 28.9 Å². The van der Waals surface area contributed by atoms with Crippen LogP contribution in [0.4, 0.5) is 0 Å². The van der Waals surface area contributed by atoms with Gasteiger partial charge in [-0.05, 0) is 66.5 Å². The fourth-order valence-corrected chi connectivity index (χ4v) is 5.14. The van der Waals surface area contributed by atoms with Gasteiger partial charge in [-0.3, -0.25) is 9.59 Å². The Bertz CT molecular complexity index is 923. The summed E-state index contributed by atoms with van der Waals surface area (Å²) in [4.78, 5) is 31.2. The van der Waals surface area contributed by atoms with E-state index in [1.807, 2.05) is 35.8 Å². The van der Waals surface area contributed by atoms with E-state index in [1.54, 1.807) is 23.5 Å². The van der Waals surface area contributed by atoms with Crippen LogP contribution >= 0.6 is 22.9 Å². The molecule has 1 saturated carbocycles. The van der Waals surface area contributed by atoms with Crippen molar-refractivity contribution in [1.29, 1.82) is 0 Å². The van der Waals surface area contributed by atoms with Crippen LogP contribution in [0.15, 0.2) is 35.7 Å².